The zero-order valence-corrected chi connectivity index (χ0v) is 16.7. The summed E-state index contributed by atoms with van der Waals surface area (Å²) in [6.45, 7) is 7.21. The highest BCUT2D eigenvalue weighted by Crippen LogP contribution is 2.27. The van der Waals surface area contributed by atoms with Gasteiger partial charge in [-0.3, -0.25) is 4.79 Å². The number of carbonyl (C=O) groups excluding carboxylic acids is 1. The lowest BCUT2D eigenvalue weighted by atomic mass is 9.95. The van der Waals surface area contributed by atoms with Gasteiger partial charge >= 0.3 is 6.18 Å². The van der Waals surface area contributed by atoms with Crippen molar-refractivity contribution in [3.8, 4) is 0 Å². The number of carbonyl (C=O) groups is 1. The van der Waals surface area contributed by atoms with Crippen LogP contribution < -0.4 is 10.6 Å². The largest absolute Gasteiger partial charge is 0.453 e. The van der Waals surface area contributed by atoms with Gasteiger partial charge in [0.1, 0.15) is 0 Å². The van der Waals surface area contributed by atoms with E-state index in [1.54, 1.807) is 13.8 Å². The van der Waals surface area contributed by atoms with Gasteiger partial charge in [-0.1, -0.05) is 6.92 Å². The second-order valence-corrected chi connectivity index (χ2v) is 7.05. The molecule has 1 amide bonds. The van der Waals surface area contributed by atoms with Gasteiger partial charge in [0.15, 0.2) is 0 Å². The van der Waals surface area contributed by atoms with Crippen LogP contribution in [-0.2, 0) is 17.4 Å². The van der Waals surface area contributed by atoms with Gasteiger partial charge in [-0.15, -0.1) is 17.5 Å². The number of halogens is 4. The number of fused-ring (bicyclic) bond motifs is 1. The number of amides is 1. The Morgan fingerprint density at radius 3 is 2.68 bits per heavy atom. The maximum absolute atomic E-state index is 12.8. The van der Waals surface area contributed by atoms with Crippen LogP contribution in [0.4, 0.5) is 13.2 Å². The van der Waals surface area contributed by atoms with Crippen molar-refractivity contribution in [3.63, 3.8) is 0 Å². The summed E-state index contributed by atoms with van der Waals surface area (Å²) in [6.07, 6.45) is -3.11. The quantitative estimate of drug-likeness (QED) is 0.792. The molecule has 0 aromatic carbocycles. The van der Waals surface area contributed by atoms with Crippen LogP contribution in [0.3, 0.4) is 0 Å². The first-order chi connectivity index (χ1) is 12.7. The van der Waals surface area contributed by atoms with E-state index < -0.39 is 12.0 Å². The van der Waals surface area contributed by atoms with Crippen molar-refractivity contribution in [3.05, 3.63) is 22.8 Å². The summed E-state index contributed by atoms with van der Waals surface area (Å²) in [4.78, 5) is 19.9. The summed E-state index contributed by atoms with van der Waals surface area (Å²) in [5, 5.41) is 9.87. The molecule has 1 saturated heterocycles. The van der Waals surface area contributed by atoms with Gasteiger partial charge in [0.2, 0.25) is 5.91 Å². The molecule has 2 aromatic rings. The Bertz CT molecular complexity index is 854. The SMILES string of the molecule is Cc1nc2nc(C(F)(F)F)nn2c(C)c1CCC(=O)NC1CCNCC1C.Cl. The lowest BCUT2D eigenvalue weighted by molar-refractivity contribution is -0.144. The molecule has 3 rings (SSSR count). The second-order valence-electron chi connectivity index (χ2n) is 7.05. The number of aryl methyl sites for hydroxylation is 2. The van der Waals surface area contributed by atoms with Crippen LogP contribution >= 0.6 is 12.4 Å². The number of rotatable bonds is 4. The first kappa shape index (κ1) is 22.4. The number of hydrogen-bond donors (Lipinski definition) is 2. The Morgan fingerprint density at radius 2 is 2.04 bits per heavy atom. The first-order valence-corrected chi connectivity index (χ1v) is 8.97. The van der Waals surface area contributed by atoms with Gasteiger partial charge in [-0.05, 0) is 51.3 Å². The summed E-state index contributed by atoms with van der Waals surface area (Å²) in [5.74, 6) is -1.01. The number of hydrogen-bond acceptors (Lipinski definition) is 5. The fraction of sp³-hybridized carbons (Fsp3) is 0.647. The molecule has 0 radical (unpaired) electrons. The van der Waals surface area contributed by atoms with Crippen LogP contribution in [0.2, 0.25) is 0 Å². The van der Waals surface area contributed by atoms with Crippen LogP contribution in [-0.4, -0.2) is 44.6 Å². The molecule has 1 aliphatic rings. The predicted octanol–water partition coefficient (Wildman–Crippen LogP) is 2.23. The maximum Gasteiger partial charge on any atom is 0.453 e. The van der Waals surface area contributed by atoms with Crippen LogP contribution in [0, 0.1) is 19.8 Å². The zero-order valence-electron chi connectivity index (χ0n) is 15.9. The minimum absolute atomic E-state index is 0. The minimum atomic E-state index is -4.63. The molecule has 2 aromatic heterocycles. The van der Waals surface area contributed by atoms with Crippen LogP contribution in [0.15, 0.2) is 0 Å². The normalized spacial score (nSPS) is 20.1. The molecular formula is C17H24ClF3N6O. The van der Waals surface area contributed by atoms with Crippen molar-refractivity contribution in [1.29, 1.82) is 0 Å². The maximum atomic E-state index is 12.8. The summed E-state index contributed by atoms with van der Waals surface area (Å²) in [6, 6.07) is 0.145. The van der Waals surface area contributed by atoms with Gasteiger partial charge in [0.05, 0.1) is 0 Å². The fourth-order valence-electron chi connectivity index (χ4n) is 3.44. The standard InChI is InChI=1S/C17H23F3N6O.ClH/c1-9-8-21-7-6-13(9)23-14(27)5-4-12-10(2)22-16-24-15(17(18,19)20)25-26(16)11(12)3;/h9,13,21H,4-8H2,1-3H3,(H,23,27);1H. The van der Waals surface area contributed by atoms with E-state index in [2.05, 4.69) is 32.6 Å². The molecule has 7 nitrogen and oxygen atoms in total. The van der Waals surface area contributed by atoms with Crippen molar-refractivity contribution in [1.82, 2.24) is 30.2 Å². The van der Waals surface area contributed by atoms with Crippen LogP contribution in [0.25, 0.3) is 5.78 Å². The number of nitrogens with one attached hydrogen (secondary N) is 2. The van der Waals surface area contributed by atoms with E-state index in [1.807, 2.05) is 0 Å². The average molecular weight is 421 g/mol. The Labute approximate surface area is 166 Å². The van der Waals surface area contributed by atoms with E-state index in [0.717, 1.165) is 29.6 Å². The van der Waals surface area contributed by atoms with Gasteiger partial charge in [0, 0.05) is 23.9 Å². The highest BCUT2D eigenvalue weighted by atomic mass is 35.5. The molecule has 1 aliphatic heterocycles. The monoisotopic (exact) mass is 420 g/mol. The topological polar surface area (TPSA) is 84.2 Å². The van der Waals surface area contributed by atoms with Crippen molar-refractivity contribution in [2.75, 3.05) is 13.1 Å². The number of nitrogens with zero attached hydrogens (tertiary/aromatic N) is 4. The van der Waals surface area contributed by atoms with Crippen LogP contribution in [0.1, 0.15) is 42.5 Å². The van der Waals surface area contributed by atoms with Gasteiger partial charge in [0.25, 0.3) is 11.6 Å². The summed E-state index contributed by atoms with van der Waals surface area (Å²) in [5.41, 5.74) is 1.79. The molecule has 0 saturated carbocycles. The van der Waals surface area contributed by atoms with Crippen LogP contribution in [0.5, 0.6) is 0 Å². The van der Waals surface area contributed by atoms with Gasteiger partial charge in [-0.2, -0.15) is 18.2 Å². The molecule has 2 atom stereocenters. The molecule has 0 spiro atoms. The molecule has 1 fully saturated rings. The number of alkyl halides is 3. The number of aromatic nitrogens is 4. The number of piperidine rings is 1. The van der Waals surface area contributed by atoms with Crippen molar-refractivity contribution >= 4 is 24.1 Å². The molecule has 2 unspecified atom stereocenters. The van der Waals surface area contributed by atoms with E-state index >= 15 is 0 Å². The first-order valence-electron chi connectivity index (χ1n) is 8.97. The zero-order chi connectivity index (χ0) is 19.8. The Kier molecular flexibility index (Phi) is 6.87. The molecule has 28 heavy (non-hydrogen) atoms. The van der Waals surface area contributed by atoms with Crippen molar-refractivity contribution in [2.24, 2.45) is 5.92 Å². The van der Waals surface area contributed by atoms with Gasteiger partial charge in [-0.25, -0.2) is 9.50 Å². The second kappa shape index (κ2) is 8.60. The van der Waals surface area contributed by atoms with E-state index in [9.17, 15) is 18.0 Å². The summed E-state index contributed by atoms with van der Waals surface area (Å²) >= 11 is 0. The van der Waals surface area contributed by atoms with E-state index in [4.69, 9.17) is 0 Å². The lowest BCUT2D eigenvalue weighted by Crippen LogP contribution is -2.48. The molecule has 2 N–H and O–H groups in total. The molecule has 3 heterocycles. The third kappa shape index (κ3) is 4.72. The van der Waals surface area contributed by atoms with Gasteiger partial charge < -0.3 is 10.6 Å². The Balaban J connectivity index is 0.00000280. The Hall–Kier alpha value is -1.94. The highest BCUT2D eigenvalue weighted by Gasteiger charge is 2.37. The molecular weight excluding hydrogens is 397 g/mol. The average Bonchev–Trinajstić information content (AvgIpc) is 3.01. The summed E-state index contributed by atoms with van der Waals surface area (Å²) < 4.78 is 39.6. The van der Waals surface area contributed by atoms with E-state index in [0.29, 0.717) is 23.7 Å². The third-order valence-electron chi connectivity index (χ3n) is 5.04. The minimum Gasteiger partial charge on any atom is -0.353 e. The molecule has 0 aliphatic carbocycles. The van der Waals surface area contributed by atoms with Crippen molar-refractivity contribution in [2.45, 2.75) is 52.3 Å². The third-order valence-corrected chi connectivity index (χ3v) is 5.04. The molecule has 0 bridgehead atoms. The molecule has 11 heteroatoms. The summed E-state index contributed by atoms with van der Waals surface area (Å²) in [7, 11) is 0. The smallest absolute Gasteiger partial charge is 0.353 e. The predicted molar refractivity (Wildman–Crippen MR) is 99.4 cm³/mol. The highest BCUT2D eigenvalue weighted by molar-refractivity contribution is 5.85. The Morgan fingerprint density at radius 1 is 1.32 bits per heavy atom. The molecule has 156 valence electrons. The van der Waals surface area contributed by atoms with E-state index in [1.165, 1.54) is 0 Å². The fourth-order valence-corrected chi connectivity index (χ4v) is 3.44. The van der Waals surface area contributed by atoms with E-state index in [-0.39, 0.29) is 36.6 Å². The lowest BCUT2D eigenvalue weighted by Gasteiger charge is -2.30. The van der Waals surface area contributed by atoms with Crippen molar-refractivity contribution < 1.29 is 18.0 Å².